The highest BCUT2D eigenvalue weighted by atomic mass is 35.5. The van der Waals surface area contributed by atoms with Crippen LogP contribution in [0.5, 0.6) is 0 Å². The lowest BCUT2D eigenvalue weighted by Gasteiger charge is -2.07. The molecule has 22 heavy (non-hydrogen) atoms. The Morgan fingerprint density at radius 3 is 2.36 bits per heavy atom. The Kier molecular flexibility index (Phi) is 3.80. The van der Waals surface area contributed by atoms with Gasteiger partial charge in [0.2, 0.25) is 0 Å². The molecule has 0 amide bonds. The summed E-state index contributed by atoms with van der Waals surface area (Å²) in [6, 6.07) is 5.10. The van der Waals surface area contributed by atoms with E-state index in [1.165, 1.54) is 22.9 Å². The minimum atomic E-state index is -0.721. The number of nitrogens with zero attached hydrogens (tertiary/aromatic N) is 4. The Morgan fingerprint density at radius 2 is 1.68 bits per heavy atom. The first-order valence-electron chi connectivity index (χ1n) is 6.14. The van der Waals surface area contributed by atoms with E-state index < -0.39 is 11.6 Å². The van der Waals surface area contributed by atoms with Gasteiger partial charge in [0.05, 0.1) is 10.6 Å². The molecule has 0 atom stereocenters. The van der Waals surface area contributed by atoms with Crippen molar-refractivity contribution >= 4 is 23.2 Å². The molecule has 112 valence electrons. The van der Waals surface area contributed by atoms with E-state index in [9.17, 15) is 8.78 Å². The zero-order chi connectivity index (χ0) is 15.9. The second-order valence-corrected chi connectivity index (χ2v) is 5.28. The van der Waals surface area contributed by atoms with E-state index in [1.807, 2.05) is 0 Å². The molecular weight excluding hydrogens is 333 g/mol. The average Bonchev–Trinajstić information content (AvgIpc) is 2.83. The van der Waals surface area contributed by atoms with E-state index in [0.717, 1.165) is 12.1 Å². The zero-order valence-electron chi connectivity index (χ0n) is 11.2. The number of halogens is 4. The van der Waals surface area contributed by atoms with Gasteiger partial charge in [0.1, 0.15) is 16.8 Å². The van der Waals surface area contributed by atoms with E-state index >= 15 is 0 Å². The van der Waals surface area contributed by atoms with Crippen molar-refractivity contribution in [2.45, 2.75) is 0 Å². The molecule has 3 aromatic rings. The smallest absolute Gasteiger partial charge is 0.169 e. The molecule has 0 saturated heterocycles. The van der Waals surface area contributed by atoms with Gasteiger partial charge in [0.25, 0.3) is 0 Å². The summed E-state index contributed by atoms with van der Waals surface area (Å²) in [5, 5.41) is 8.35. The molecule has 0 spiro atoms. The predicted molar refractivity (Wildman–Crippen MR) is 79.6 cm³/mol. The molecular formula is C14H8Cl2F2N4. The summed E-state index contributed by atoms with van der Waals surface area (Å²) >= 11 is 11.9. The van der Waals surface area contributed by atoms with Crippen molar-refractivity contribution in [3.63, 3.8) is 0 Å². The molecule has 0 radical (unpaired) electrons. The molecule has 0 aliphatic carbocycles. The maximum atomic E-state index is 13.9. The van der Waals surface area contributed by atoms with Crippen LogP contribution in [0.1, 0.15) is 0 Å². The van der Waals surface area contributed by atoms with Crippen LogP contribution < -0.4 is 0 Å². The first-order valence-corrected chi connectivity index (χ1v) is 6.90. The van der Waals surface area contributed by atoms with Gasteiger partial charge in [-0.05, 0) is 18.2 Å². The second-order valence-electron chi connectivity index (χ2n) is 4.49. The third-order valence-electron chi connectivity index (χ3n) is 3.12. The average molecular weight is 341 g/mol. The number of aromatic nitrogens is 4. The van der Waals surface area contributed by atoms with Crippen molar-refractivity contribution in [3.8, 4) is 22.8 Å². The topological polar surface area (TPSA) is 43.6 Å². The van der Waals surface area contributed by atoms with Gasteiger partial charge in [-0.25, -0.2) is 13.8 Å². The minimum absolute atomic E-state index is 0.0506. The minimum Gasteiger partial charge on any atom is -0.310 e. The summed E-state index contributed by atoms with van der Waals surface area (Å²) in [6.45, 7) is 0. The number of rotatable bonds is 2. The Balaban J connectivity index is 2.20. The van der Waals surface area contributed by atoms with Gasteiger partial charge in [0, 0.05) is 18.8 Å². The monoisotopic (exact) mass is 340 g/mol. The van der Waals surface area contributed by atoms with Crippen molar-refractivity contribution in [1.82, 2.24) is 19.7 Å². The molecule has 0 bridgehead atoms. The molecule has 1 aromatic carbocycles. The lowest BCUT2D eigenvalue weighted by atomic mass is 10.2. The van der Waals surface area contributed by atoms with Crippen molar-refractivity contribution in [3.05, 3.63) is 52.3 Å². The molecule has 2 heterocycles. The summed E-state index contributed by atoms with van der Waals surface area (Å²) in [5.74, 6) is -1.07. The Morgan fingerprint density at radius 1 is 1.05 bits per heavy atom. The summed E-state index contributed by atoms with van der Waals surface area (Å²) in [7, 11) is 1.58. The normalized spacial score (nSPS) is 11.0. The number of benzene rings is 1. The van der Waals surface area contributed by atoms with Crippen LogP contribution in [0.15, 0.2) is 30.5 Å². The third kappa shape index (κ3) is 2.44. The van der Waals surface area contributed by atoms with Crippen molar-refractivity contribution in [1.29, 1.82) is 0 Å². The van der Waals surface area contributed by atoms with Gasteiger partial charge in [-0.1, -0.05) is 29.3 Å². The van der Waals surface area contributed by atoms with E-state index in [-0.39, 0.29) is 16.5 Å². The van der Waals surface area contributed by atoms with Crippen LogP contribution in [-0.4, -0.2) is 19.7 Å². The second kappa shape index (κ2) is 5.62. The van der Waals surface area contributed by atoms with E-state index in [0.29, 0.717) is 16.4 Å². The summed E-state index contributed by atoms with van der Waals surface area (Å²) in [4.78, 5) is 3.84. The van der Waals surface area contributed by atoms with Crippen LogP contribution in [0, 0.1) is 11.6 Å². The maximum absolute atomic E-state index is 13.9. The van der Waals surface area contributed by atoms with Gasteiger partial charge < -0.3 is 4.57 Å². The number of hydrogen-bond acceptors (Lipinski definition) is 3. The molecule has 0 fully saturated rings. The van der Waals surface area contributed by atoms with E-state index in [2.05, 4.69) is 15.2 Å². The largest absolute Gasteiger partial charge is 0.310 e. The lowest BCUT2D eigenvalue weighted by Crippen LogP contribution is -2.00. The molecule has 0 N–H and O–H groups in total. The summed E-state index contributed by atoms with van der Waals surface area (Å²) in [6.07, 6.45) is 1.37. The molecule has 0 aliphatic rings. The number of pyridine rings is 1. The van der Waals surface area contributed by atoms with Crippen LogP contribution in [-0.2, 0) is 7.05 Å². The standard InChI is InChI=1S/C14H8Cl2F2N4/c1-22-13(7-5-11(16)19-6-8(7)15)20-21-14(22)12-9(17)3-2-4-10(12)18/h2-6H,1H3. The third-order valence-corrected chi connectivity index (χ3v) is 3.63. The fourth-order valence-electron chi connectivity index (χ4n) is 2.08. The van der Waals surface area contributed by atoms with Gasteiger partial charge in [0.15, 0.2) is 11.6 Å². The van der Waals surface area contributed by atoms with Crippen LogP contribution in [0.2, 0.25) is 10.2 Å². The fraction of sp³-hybridized carbons (Fsp3) is 0.0714. The maximum Gasteiger partial charge on any atom is 0.169 e. The highest BCUT2D eigenvalue weighted by Crippen LogP contribution is 2.31. The van der Waals surface area contributed by atoms with Crippen LogP contribution in [0.3, 0.4) is 0 Å². The van der Waals surface area contributed by atoms with Gasteiger partial charge >= 0.3 is 0 Å². The van der Waals surface area contributed by atoms with Gasteiger partial charge in [-0.3, -0.25) is 0 Å². The van der Waals surface area contributed by atoms with Crippen molar-refractivity contribution in [2.75, 3.05) is 0 Å². The van der Waals surface area contributed by atoms with Crippen LogP contribution in [0.4, 0.5) is 8.78 Å². The number of hydrogen-bond donors (Lipinski definition) is 0. The summed E-state index contributed by atoms with van der Waals surface area (Å²) < 4.78 is 29.2. The first kappa shape index (κ1) is 14.9. The Labute approximate surface area is 134 Å². The highest BCUT2D eigenvalue weighted by molar-refractivity contribution is 6.34. The van der Waals surface area contributed by atoms with Gasteiger partial charge in [-0.15, -0.1) is 10.2 Å². The summed E-state index contributed by atoms with van der Waals surface area (Å²) in [5.41, 5.74) is 0.222. The fourth-order valence-corrected chi connectivity index (χ4v) is 2.42. The Hall–Kier alpha value is -2.05. The molecule has 0 aliphatic heterocycles. The van der Waals surface area contributed by atoms with Crippen LogP contribution >= 0.6 is 23.2 Å². The quantitative estimate of drug-likeness (QED) is 0.659. The first-order chi connectivity index (χ1) is 10.5. The van der Waals surface area contributed by atoms with E-state index in [4.69, 9.17) is 23.2 Å². The van der Waals surface area contributed by atoms with E-state index in [1.54, 1.807) is 7.05 Å². The van der Waals surface area contributed by atoms with Crippen molar-refractivity contribution in [2.24, 2.45) is 7.05 Å². The molecule has 0 unspecified atom stereocenters. The Bertz CT molecular complexity index is 844. The molecule has 0 saturated carbocycles. The molecule has 3 rings (SSSR count). The molecule has 8 heteroatoms. The molecule has 2 aromatic heterocycles. The van der Waals surface area contributed by atoms with Crippen LogP contribution in [0.25, 0.3) is 22.8 Å². The highest BCUT2D eigenvalue weighted by Gasteiger charge is 2.20. The SMILES string of the molecule is Cn1c(-c2cc(Cl)ncc2Cl)nnc1-c1c(F)cccc1F. The zero-order valence-corrected chi connectivity index (χ0v) is 12.7. The lowest BCUT2D eigenvalue weighted by molar-refractivity contribution is 0.586. The molecule has 4 nitrogen and oxygen atoms in total. The van der Waals surface area contributed by atoms with Crippen molar-refractivity contribution < 1.29 is 8.78 Å². The predicted octanol–water partition coefficient (Wildman–Crippen LogP) is 4.13. The van der Waals surface area contributed by atoms with Gasteiger partial charge in [-0.2, -0.15) is 0 Å².